The van der Waals surface area contributed by atoms with Crippen molar-refractivity contribution in [3.63, 3.8) is 0 Å². The molecule has 0 spiro atoms. The minimum atomic E-state index is -0.900. The fourth-order valence-electron chi connectivity index (χ4n) is 4.16. The van der Waals surface area contributed by atoms with Crippen molar-refractivity contribution in [2.24, 2.45) is 0 Å². The topological polar surface area (TPSA) is 93.6 Å². The van der Waals surface area contributed by atoms with Crippen molar-refractivity contribution < 1.29 is 23.9 Å². The minimum absolute atomic E-state index is 0.158. The fraction of sp³-hybridized carbons (Fsp3) is 0.208. The first-order valence-corrected chi connectivity index (χ1v) is 10.0. The van der Waals surface area contributed by atoms with E-state index in [0.29, 0.717) is 0 Å². The van der Waals surface area contributed by atoms with Gasteiger partial charge in [-0.3, -0.25) is 29.1 Å². The number of hydrogen-bond donors (Lipinski definition) is 0. The molecule has 0 N–H and O–H groups in total. The molecule has 1 atom stereocenters. The quantitative estimate of drug-likeness (QED) is 0.481. The summed E-state index contributed by atoms with van der Waals surface area (Å²) in [5.74, 6) is -1.35. The van der Waals surface area contributed by atoms with E-state index in [1.807, 2.05) is 30.3 Å². The van der Waals surface area contributed by atoms with Crippen molar-refractivity contribution in [1.29, 1.82) is 0 Å². The molecule has 3 aromatic rings. The molecule has 5 rings (SSSR count). The van der Waals surface area contributed by atoms with E-state index >= 15 is 0 Å². The molecule has 2 heterocycles. The number of rotatable bonds is 4. The third-order valence-electron chi connectivity index (χ3n) is 5.70. The van der Waals surface area contributed by atoms with Crippen molar-refractivity contribution in [3.05, 3.63) is 71.4 Å². The van der Waals surface area contributed by atoms with Crippen LogP contribution in [0.5, 0.6) is 5.75 Å². The zero-order valence-electron chi connectivity index (χ0n) is 16.5. The highest BCUT2D eigenvalue weighted by Gasteiger charge is 2.45. The number of carbonyl (C=O) groups is 4. The lowest BCUT2D eigenvalue weighted by molar-refractivity contribution is -0.132. The van der Waals surface area contributed by atoms with Crippen molar-refractivity contribution >= 4 is 34.3 Å². The van der Waals surface area contributed by atoms with Crippen LogP contribution in [-0.2, 0) is 16.2 Å². The molecule has 7 nitrogen and oxygen atoms in total. The van der Waals surface area contributed by atoms with E-state index in [0.717, 1.165) is 21.4 Å². The molecular weight excluding hydrogens is 396 g/mol. The largest absolute Gasteiger partial charge is 0.488 e. The Morgan fingerprint density at radius 1 is 1.00 bits per heavy atom. The second-order valence-electron chi connectivity index (χ2n) is 7.72. The number of hydrogen-bond acceptors (Lipinski definition) is 6. The summed E-state index contributed by atoms with van der Waals surface area (Å²) in [4.78, 5) is 55.3. The Bertz CT molecular complexity index is 1270. The van der Waals surface area contributed by atoms with Gasteiger partial charge < -0.3 is 4.74 Å². The smallest absolute Gasteiger partial charge is 0.266 e. The number of imide groups is 1. The highest BCUT2D eigenvalue weighted by Crippen LogP contribution is 2.34. The third kappa shape index (κ3) is 3.28. The average Bonchev–Trinajstić information content (AvgIpc) is 3.03. The van der Waals surface area contributed by atoms with Gasteiger partial charge >= 0.3 is 0 Å². The summed E-state index contributed by atoms with van der Waals surface area (Å²) in [5.41, 5.74) is 2.07. The van der Waals surface area contributed by atoms with E-state index in [-0.39, 0.29) is 48.5 Å². The molecule has 1 fully saturated rings. The summed E-state index contributed by atoms with van der Waals surface area (Å²) in [7, 11) is 0. The van der Waals surface area contributed by atoms with E-state index < -0.39 is 23.6 Å². The second kappa shape index (κ2) is 7.43. The third-order valence-corrected chi connectivity index (χ3v) is 5.70. The number of fused-ring (bicyclic) bond motifs is 2. The second-order valence-corrected chi connectivity index (χ2v) is 7.72. The van der Waals surface area contributed by atoms with Gasteiger partial charge in [0.15, 0.2) is 5.78 Å². The lowest BCUT2D eigenvalue weighted by Gasteiger charge is -2.27. The molecule has 1 unspecified atom stereocenters. The van der Waals surface area contributed by atoms with Crippen LogP contribution in [0.25, 0.3) is 10.9 Å². The minimum Gasteiger partial charge on any atom is -0.488 e. The number of nitrogens with zero attached hydrogens (tertiary/aromatic N) is 2. The zero-order chi connectivity index (χ0) is 21.5. The van der Waals surface area contributed by atoms with Crippen LogP contribution >= 0.6 is 0 Å². The molecule has 2 aromatic carbocycles. The zero-order valence-corrected chi connectivity index (χ0v) is 16.5. The van der Waals surface area contributed by atoms with Gasteiger partial charge in [0.25, 0.3) is 11.8 Å². The summed E-state index contributed by atoms with van der Waals surface area (Å²) in [6.07, 6.45) is 1.82. The van der Waals surface area contributed by atoms with Crippen molar-refractivity contribution in [2.75, 3.05) is 0 Å². The molecule has 0 saturated heterocycles. The molecule has 7 heteroatoms. The van der Waals surface area contributed by atoms with Crippen LogP contribution in [0.4, 0.5) is 0 Å². The standard InChI is InChI=1S/C24H18N2O5/c27-16-8-9-19(20(28)11-16)26-23(29)17-5-3-7-21(22(17)24(26)30)31-13-14-10-15-4-1-2-6-18(15)25-12-14/h1-7,10,12,19H,8-9,11,13H2. The molecule has 0 radical (unpaired) electrons. The van der Waals surface area contributed by atoms with Crippen molar-refractivity contribution in [1.82, 2.24) is 9.88 Å². The number of benzene rings is 2. The highest BCUT2D eigenvalue weighted by atomic mass is 16.5. The number of pyridine rings is 1. The molecule has 0 bridgehead atoms. The SMILES string of the molecule is O=C1CCC(N2C(=O)c3cccc(OCc4cnc5ccccc5c4)c3C2=O)C(=O)C1. The number of aromatic nitrogens is 1. The Labute approximate surface area is 177 Å². The lowest BCUT2D eigenvalue weighted by atomic mass is 9.92. The van der Waals surface area contributed by atoms with Gasteiger partial charge in [0.2, 0.25) is 0 Å². The summed E-state index contributed by atoms with van der Waals surface area (Å²) in [5, 5.41) is 0.977. The number of carbonyl (C=O) groups excluding carboxylic acids is 4. The maximum atomic E-state index is 13.1. The summed E-state index contributed by atoms with van der Waals surface area (Å²) < 4.78 is 5.90. The van der Waals surface area contributed by atoms with Crippen molar-refractivity contribution in [3.8, 4) is 5.75 Å². The molecule has 1 aliphatic heterocycles. The number of para-hydroxylation sites is 1. The Kier molecular flexibility index (Phi) is 4.58. The van der Waals surface area contributed by atoms with E-state index in [1.165, 1.54) is 0 Å². The van der Waals surface area contributed by atoms with Gasteiger partial charge in [-0.25, -0.2) is 0 Å². The first-order chi connectivity index (χ1) is 15.0. The Morgan fingerprint density at radius 2 is 1.84 bits per heavy atom. The summed E-state index contributed by atoms with van der Waals surface area (Å²) >= 11 is 0. The Hall–Kier alpha value is -3.87. The monoisotopic (exact) mass is 414 g/mol. The van der Waals surface area contributed by atoms with Gasteiger partial charge in [0.1, 0.15) is 18.1 Å². The van der Waals surface area contributed by atoms with Crippen LogP contribution in [0.2, 0.25) is 0 Å². The molecule has 1 aliphatic carbocycles. The molecular formula is C24H18N2O5. The number of ether oxygens (including phenoxy) is 1. The first kappa shape index (κ1) is 19.1. The first-order valence-electron chi connectivity index (χ1n) is 10.0. The van der Waals surface area contributed by atoms with Crippen LogP contribution in [-0.4, -0.2) is 39.3 Å². The Balaban J connectivity index is 1.41. The fourth-order valence-corrected chi connectivity index (χ4v) is 4.16. The molecule has 1 saturated carbocycles. The van der Waals surface area contributed by atoms with Crippen LogP contribution in [0.3, 0.4) is 0 Å². The van der Waals surface area contributed by atoms with Crippen LogP contribution in [0.1, 0.15) is 45.5 Å². The number of ketones is 2. The van der Waals surface area contributed by atoms with Gasteiger partial charge in [0, 0.05) is 23.6 Å². The van der Waals surface area contributed by atoms with Crippen LogP contribution < -0.4 is 4.74 Å². The molecule has 2 amide bonds. The molecule has 154 valence electrons. The van der Waals surface area contributed by atoms with Gasteiger partial charge in [-0.2, -0.15) is 0 Å². The van der Waals surface area contributed by atoms with E-state index in [1.54, 1.807) is 24.4 Å². The van der Waals surface area contributed by atoms with Gasteiger partial charge in [-0.15, -0.1) is 0 Å². The van der Waals surface area contributed by atoms with Crippen LogP contribution in [0.15, 0.2) is 54.7 Å². The number of Topliss-reactive ketones (excluding diaryl/α,β-unsaturated/α-hetero) is 2. The van der Waals surface area contributed by atoms with E-state index in [2.05, 4.69) is 4.98 Å². The molecule has 1 aromatic heterocycles. The van der Waals surface area contributed by atoms with Crippen molar-refractivity contribution in [2.45, 2.75) is 31.9 Å². The predicted octanol–water partition coefficient (Wildman–Crippen LogP) is 3.10. The molecule has 2 aliphatic rings. The van der Waals surface area contributed by atoms with E-state index in [4.69, 9.17) is 4.74 Å². The molecule has 31 heavy (non-hydrogen) atoms. The predicted molar refractivity (Wildman–Crippen MR) is 111 cm³/mol. The normalized spacial score (nSPS) is 18.6. The number of amides is 2. The van der Waals surface area contributed by atoms with Gasteiger partial charge in [0.05, 0.1) is 29.1 Å². The van der Waals surface area contributed by atoms with Gasteiger partial charge in [-0.1, -0.05) is 24.3 Å². The maximum Gasteiger partial charge on any atom is 0.266 e. The maximum absolute atomic E-state index is 13.1. The average molecular weight is 414 g/mol. The lowest BCUT2D eigenvalue weighted by Crippen LogP contribution is -2.47. The van der Waals surface area contributed by atoms with E-state index in [9.17, 15) is 19.2 Å². The summed E-state index contributed by atoms with van der Waals surface area (Å²) in [6, 6.07) is 13.6. The Morgan fingerprint density at radius 3 is 2.68 bits per heavy atom. The van der Waals surface area contributed by atoms with Gasteiger partial charge in [-0.05, 0) is 30.7 Å². The summed E-state index contributed by atoms with van der Waals surface area (Å²) in [6.45, 7) is 0.173. The highest BCUT2D eigenvalue weighted by molar-refractivity contribution is 6.24. The van der Waals surface area contributed by atoms with Crippen LogP contribution in [0, 0.1) is 0 Å².